The lowest BCUT2D eigenvalue weighted by Crippen LogP contribution is -2.60. The maximum Gasteiger partial charge on any atom is 0.335 e. The summed E-state index contributed by atoms with van der Waals surface area (Å²) in [6.07, 6.45) is -6.82. The summed E-state index contributed by atoms with van der Waals surface area (Å²) < 4.78 is 22.6. The summed E-state index contributed by atoms with van der Waals surface area (Å²) in [7, 11) is 0. The molecule has 0 spiro atoms. The number of carboxylic acids is 3. The minimum atomic E-state index is -1.83. The van der Waals surface area contributed by atoms with Crippen molar-refractivity contribution >= 4 is 53.0 Å². The Bertz CT molecular complexity index is 1790. The van der Waals surface area contributed by atoms with E-state index in [-0.39, 0.29) is 115 Å². The highest BCUT2D eigenvalue weighted by Gasteiger charge is 2.47. The first-order valence-electron chi connectivity index (χ1n) is 22.2. The van der Waals surface area contributed by atoms with Gasteiger partial charge in [-0.15, -0.1) is 5.10 Å². The van der Waals surface area contributed by atoms with Crippen LogP contribution in [0.3, 0.4) is 0 Å². The highest BCUT2D eigenvalue weighted by Crippen LogP contribution is 2.23. The number of unbranched alkanes of at least 4 members (excludes halogenated alkanes) is 2. The number of ketones is 3. The predicted molar refractivity (Wildman–Crippen MR) is 227 cm³/mol. The normalized spacial score (nSPS) is 19.5. The van der Waals surface area contributed by atoms with E-state index in [1.165, 1.54) is 4.68 Å². The smallest absolute Gasteiger partial charge is 0.335 e. The van der Waals surface area contributed by atoms with Crippen LogP contribution in [0.1, 0.15) is 96.6 Å². The number of primary amides is 1. The van der Waals surface area contributed by atoms with Gasteiger partial charge in [-0.3, -0.25) is 38.4 Å². The second-order valence-electron chi connectivity index (χ2n) is 16.4. The summed E-state index contributed by atoms with van der Waals surface area (Å²) in [5.41, 5.74) is 6.07. The highest BCUT2D eigenvalue weighted by atomic mass is 16.7. The van der Waals surface area contributed by atoms with Crippen LogP contribution in [0.5, 0.6) is 0 Å². The molecule has 2 unspecified atom stereocenters. The molecular formula is C42H66N6O19. The molecule has 0 saturated carbocycles. The summed E-state index contributed by atoms with van der Waals surface area (Å²) in [5.74, 6) is -9.23. The number of nitrogens with two attached hydrogens (primary N) is 1. The van der Waals surface area contributed by atoms with Gasteiger partial charge in [0, 0.05) is 75.4 Å². The molecule has 0 radical (unpaired) electrons. The van der Waals surface area contributed by atoms with Crippen LogP contribution in [-0.2, 0) is 75.1 Å². The van der Waals surface area contributed by atoms with Crippen LogP contribution in [0.2, 0.25) is 0 Å². The quantitative estimate of drug-likeness (QED) is 0.0335. The Morgan fingerprint density at radius 1 is 0.776 bits per heavy atom. The largest absolute Gasteiger partial charge is 0.481 e. The first-order valence-corrected chi connectivity index (χ1v) is 22.2. The standard InChI is InChI=1S/C42H66N6O19/c1-24(2)30(50)21-26(8-12-33(53)54)40(61)45-29(10-13-34(55)56)31(51)20-25(39(43)60)6-4-3-5-7-28(49)23-65-19-18-64-16-14-44-32(52)11-9-27-22-48(47-46-27)15-17-66-42-37(59)35(57)36(58)38(67-42)41(62)63/h22,24-26,29,35-38,42,57-59H,3-21,23H2,1-2H3,(H2,43,60)(H,44,52)(H,45,61)(H,53,54)(H,55,56)(H,62,63)/t25-,26-,29+,35+,36+,37?,38?,42-/m1/s1. The molecule has 25 heteroatoms. The lowest BCUT2D eigenvalue weighted by Gasteiger charge is -2.38. The minimum absolute atomic E-state index is 0.104. The molecule has 67 heavy (non-hydrogen) atoms. The zero-order valence-corrected chi connectivity index (χ0v) is 37.8. The number of hydrogen-bond acceptors (Lipinski definition) is 18. The number of aliphatic hydroxyl groups excluding tert-OH is 3. The molecule has 378 valence electrons. The molecule has 1 saturated heterocycles. The third-order valence-electron chi connectivity index (χ3n) is 10.7. The van der Waals surface area contributed by atoms with Crippen LogP contribution >= 0.6 is 0 Å². The van der Waals surface area contributed by atoms with E-state index in [1.807, 2.05) is 0 Å². The number of aromatic nitrogens is 3. The fourth-order valence-corrected chi connectivity index (χ4v) is 6.68. The Kier molecular flexibility index (Phi) is 26.6. The minimum Gasteiger partial charge on any atom is -0.481 e. The summed E-state index contributed by atoms with van der Waals surface area (Å²) in [4.78, 5) is 109. The van der Waals surface area contributed by atoms with E-state index in [1.54, 1.807) is 20.0 Å². The van der Waals surface area contributed by atoms with Crippen LogP contribution in [-0.4, -0.2) is 175 Å². The molecule has 10 N–H and O–H groups in total. The molecule has 2 rings (SSSR count). The molecule has 1 aliphatic heterocycles. The molecular weight excluding hydrogens is 892 g/mol. The van der Waals surface area contributed by atoms with Crippen molar-refractivity contribution in [3.8, 4) is 0 Å². The Morgan fingerprint density at radius 2 is 1.45 bits per heavy atom. The molecule has 8 atom stereocenters. The van der Waals surface area contributed by atoms with Gasteiger partial charge in [0.15, 0.2) is 24.0 Å². The van der Waals surface area contributed by atoms with Gasteiger partial charge in [-0.05, 0) is 25.7 Å². The molecule has 1 fully saturated rings. The van der Waals surface area contributed by atoms with Crippen LogP contribution in [0.4, 0.5) is 0 Å². The Balaban J connectivity index is 1.60. The number of nitrogens with one attached hydrogen (secondary N) is 2. The lowest BCUT2D eigenvalue weighted by molar-refractivity contribution is -0.294. The van der Waals surface area contributed by atoms with Gasteiger partial charge in [-0.25, -0.2) is 9.48 Å². The van der Waals surface area contributed by atoms with Crippen molar-refractivity contribution in [1.29, 1.82) is 0 Å². The average Bonchev–Trinajstić information content (AvgIpc) is 3.72. The van der Waals surface area contributed by atoms with E-state index in [0.717, 1.165) is 0 Å². The van der Waals surface area contributed by atoms with Gasteiger partial charge in [0.05, 0.1) is 44.7 Å². The number of aliphatic hydroxyl groups is 3. The van der Waals surface area contributed by atoms with Gasteiger partial charge in [0.2, 0.25) is 17.7 Å². The third kappa shape index (κ3) is 22.8. The first-order chi connectivity index (χ1) is 31.7. The Labute approximate surface area is 386 Å². The topological polar surface area (TPSA) is 393 Å². The van der Waals surface area contributed by atoms with Gasteiger partial charge < -0.3 is 66.0 Å². The number of carboxylic acid groups (broad SMARTS) is 3. The second-order valence-corrected chi connectivity index (χ2v) is 16.4. The number of carbonyl (C=O) groups is 9. The SMILES string of the molecule is CC(C)C(=O)C[C@@H](CCC(=O)O)C(=O)N[C@@H](CCC(=O)O)C(=O)C[C@@H](CCCCCC(=O)COCCOCCNC(=O)CCc1cn(CCO[C@@H]2OC(C(=O)O)[C@@H](O)[C@H](O)C2O)nn1)C(N)=O. The first kappa shape index (κ1) is 57.8. The number of aliphatic carboxylic acids is 3. The van der Waals surface area contributed by atoms with E-state index in [4.69, 9.17) is 34.9 Å². The average molecular weight is 959 g/mol. The molecule has 1 aromatic rings. The van der Waals surface area contributed by atoms with Gasteiger partial charge in [-0.1, -0.05) is 31.9 Å². The van der Waals surface area contributed by atoms with E-state index < -0.39 is 103 Å². The van der Waals surface area contributed by atoms with E-state index in [0.29, 0.717) is 25.0 Å². The van der Waals surface area contributed by atoms with Crippen molar-refractivity contribution in [2.75, 3.05) is 39.6 Å². The van der Waals surface area contributed by atoms with Gasteiger partial charge in [-0.2, -0.15) is 0 Å². The van der Waals surface area contributed by atoms with Crippen LogP contribution < -0.4 is 16.4 Å². The molecule has 2 heterocycles. The van der Waals surface area contributed by atoms with Crippen molar-refractivity contribution < 1.29 is 92.7 Å². The molecule has 0 aliphatic carbocycles. The predicted octanol–water partition coefficient (Wildman–Crippen LogP) is -1.70. The number of rotatable bonds is 37. The maximum atomic E-state index is 13.3. The molecule has 1 aromatic heterocycles. The molecule has 3 amide bonds. The van der Waals surface area contributed by atoms with Crippen molar-refractivity contribution in [3.05, 3.63) is 11.9 Å². The number of hydrogen-bond donors (Lipinski definition) is 9. The summed E-state index contributed by atoms with van der Waals surface area (Å²) >= 11 is 0. The number of amides is 3. The Hall–Kier alpha value is -5.31. The van der Waals surface area contributed by atoms with E-state index >= 15 is 0 Å². The summed E-state index contributed by atoms with van der Waals surface area (Å²) in [5, 5.41) is 70.2. The van der Waals surface area contributed by atoms with Crippen LogP contribution in [0.25, 0.3) is 0 Å². The van der Waals surface area contributed by atoms with Crippen LogP contribution in [0, 0.1) is 17.8 Å². The number of aryl methyl sites for hydroxylation is 1. The maximum absolute atomic E-state index is 13.3. The molecule has 1 aliphatic rings. The van der Waals surface area contributed by atoms with Gasteiger partial charge in [0.1, 0.15) is 30.7 Å². The summed E-state index contributed by atoms with van der Waals surface area (Å²) in [6.45, 7) is 3.82. The van der Waals surface area contributed by atoms with Gasteiger partial charge in [0.25, 0.3) is 0 Å². The van der Waals surface area contributed by atoms with Crippen molar-refractivity contribution in [3.63, 3.8) is 0 Å². The zero-order chi connectivity index (χ0) is 50.1. The molecule has 25 nitrogen and oxygen atoms in total. The van der Waals surface area contributed by atoms with Crippen molar-refractivity contribution in [2.24, 2.45) is 23.5 Å². The van der Waals surface area contributed by atoms with Crippen LogP contribution in [0.15, 0.2) is 6.20 Å². The van der Waals surface area contributed by atoms with Crippen molar-refractivity contribution in [1.82, 2.24) is 25.6 Å². The highest BCUT2D eigenvalue weighted by molar-refractivity contribution is 5.94. The zero-order valence-electron chi connectivity index (χ0n) is 37.8. The van der Waals surface area contributed by atoms with Gasteiger partial charge >= 0.3 is 17.9 Å². The number of ether oxygens (including phenoxy) is 4. The monoisotopic (exact) mass is 958 g/mol. The fourth-order valence-electron chi connectivity index (χ4n) is 6.68. The van der Waals surface area contributed by atoms with E-state index in [2.05, 4.69) is 20.9 Å². The van der Waals surface area contributed by atoms with Crippen molar-refractivity contribution in [2.45, 2.75) is 141 Å². The second kappa shape index (κ2) is 30.9. The number of Topliss-reactive ketones (excluding diaryl/α,β-unsaturated/α-hetero) is 3. The lowest BCUT2D eigenvalue weighted by atomic mass is 9.89. The fraction of sp³-hybridized carbons (Fsp3) is 0.738. The number of carbonyl (C=O) groups excluding carboxylic acids is 6. The van der Waals surface area contributed by atoms with E-state index in [9.17, 15) is 63.6 Å². The molecule has 0 bridgehead atoms. The summed E-state index contributed by atoms with van der Waals surface area (Å²) in [6, 6.07) is -1.31. The number of nitrogens with zero attached hydrogens (tertiary/aromatic N) is 3. The Morgan fingerprint density at radius 3 is 2.10 bits per heavy atom. The molecule has 0 aromatic carbocycles. The third-order valence-corrected chi connectivity index (χ3v) is 10.7.